The van der Waals surface area contributed by atoms with Crippen LogP contribution in [0.25, 0.3) is 0 Å². The van der Waals surface area contributed by atoms with Gasteiger partial charge in [0.15, 0.2) is 0 Å². The third-order valence-electron chi connectivity index (χ3n) is 4.63. The van der Waals surface area contributed by atoms with E-state index in [-0.39, 0.29) is 17.5 Å². The van der Waals surface area contributed by atoms with E-state index in [1.807, 2.05) is 29.2 Å². The maximum atomic E-state index is 12.5. The molecule has 1 aliphatic rings. The van der Waals surface area contributed by atoms with Gasteiger partial charge in [0.05, 0.1) is 13.5 Å². The third-order valence-corrected chi connectivity index (χ3v) is 4.63. The van der Waals surface area contributed by atoms with Gasteiger partial charge in [0, 0.05) is 24.7 Å². The first-order valence-corrected chi connectivity index (χ1v) is 8.32. The molecule has 7 heteroatoms. The Hall–Kier alpha value is -2.83. The minimum atomic E-state index is -0.534. The number of likely N-dealkylation sites (tertiary alicyclic amines) is 1. The number of rotatable bonds is 5. The molecule has 0 unspecified atom stereocenters. The van der Waals surface area contributed by atoms with E-state index in [4.69, 9.17) is 10.5 Å². The summed E-state index contributed by atoms with van der Waals surface area (Å²) in [6.07, 6.45) is 2.05. The van der Waals surface area contributed by atoms with Gasteiger partial charge < -0.3 is 15.4 Å². The maximum absolute atomic E-state index is 12.5. The van der Waals surface area contributed by atoms with Crippen molar-refractivity contribution in [3.8, 4) is 5.75 Å². The number of H-pyrrole nitrogens is 1. The van der Waals surface area contributed by atoms with E-state index in [0.29, 0.717) is 19.5 Å². The van der Waals surface area contributed by atoms with Crippen LogP contribution in [0.15, 0.2) is 30.3 Å². The maximum Gasteiger partial charge on any atom is 0.269 e. The highest BCUT2D eigenvalue weighted by atomic mass is 16.5. The highest BCUT2D eigenvalue weighted by Gasteiger charge is 2.25. The predicted molar refractivity (Wildman–Crippen MR) is 92.4 cm³/mol. The van der Waals surface area contributed by atoms with Gasteiger partial charge in [0.25, 0.3) is 5.91 Å². The van der Waals surface area contributed by atoms with Gasteiger partial charge in [-0.2, -0.15) is 5.10 Å². The molecule has 0 atom stereocenters. The third kappa shape index (κ3) is 3.99. The molecular weight excluding hydrogens is 320 g/mol. The van der Waals surface area contributed by atoms with Crippen LogP contribution in [0.1, 0.15) is 40.5 Å². The smallest absolute Gasteiger partial charge is 0.269 e. The molecule has 1 saturated heterocycles. The van der Waals surface area contributed by atoms with E-state index in [2.05, 4.69) is 10.2 Å². The summed E-state index contributed by atoms with van der Waals surface area (Å²) in [6, 6.07) is 9.29. The van der Waals surface area contributed by atoms with Crippen LogP contribution in [0.2, 0.25) is 0 Å². The van der Waals surface area contributed by atoms with Crippen molar-refractivity contribution >= 4 is 11.8 Å². The Labute approximate surface area is 146 Å². The minimum Gasteiger partial charge on any atom is -0.497 e. The number of carbonyl (C=O) groups excluding carboxylic acids is 2. The second kappa shape index (κ2) is 7.38. The molecule has 0 aliphatic carbocycles. The topological polar surface area (TPSA) is 101 Å². The van der Waals surface area contributed by atoms with Gasteiger partial charge in [0.2, 0.25) is 5.91 Å². The Morgan fingerprint density at radius 1 is 1.32 bits per heavy atom. The molecule has 25 heavy (non-hydrogen) atoms. The van der Waals surface area contributed by atoms with Crippen molar-refractivity contribution in [2.45, 2.75) is 25.2 Å². The molecule has 1 fully saturated rings. The number of piperidine rings is 1. The van der Waals surface area contributed by atoms with E-state index in [9.17, 15) is 9.59 Å². The van der Waals surface area contributed by atoms with Crippen LogP contribution in [0, 0.1) is 0 Å². The predicted octanol–water partition coefficient (Wildman–Crippen LogP) is 1.47. The number of aromatic nitrogens is 2. The summed E-state index contributed by atoms with van der Waals surface area (Å²) in [5, 5.41) is 6.81. The first-order valence-electron chi connectivity index (χ1n) is 8.32. The number of aromatic amines is 1. The van der Waals surface area contributed by atoms with Gasteiger partial charge in [-0.15, -0.1) is 0 Å². The molecule has 1 aliphatic heterocycles. The Morgan fingerprint density at radius 3 is 2.72 bits per heavy atom. The van der Waals surface area contributed by atoms with E-state index in [1.54, 1.807) is 13.2 Å². The molecule has 7 nitrogen and oxygen atoms in total. The summed E-state index contributed by atoms with van der Waals surface area (Å²) in [6.45, 7) is 1.39. The van der Waals surface area contributed by atoms with Crippen LogP contribution in [-0.4, -0.2) is 47.1 Å². The van der Waals surface area contributed by atoms with Gasteiger partial charge in [-0.25, -0.2) is 0 Å². The lowest BCUT2D eigenvalue weighted by molar-refractivity contribution is -0.131. The van der Waals surface area contributed by atoms with Crippen molar-refractivity contribution in [2.24, 2.45) is 5.73 Å². The van der Waals surface area contributed by atoms with Crippen molar-refractivity contribution in [1.82, 2.24) is 15.1 Å². The van der Waals surface area contributed by atoms with Crippen LogP contribution in [0.5, 0.6) is 5.75 Å². The zero-order chi connectivity index (χ0) is 17.8. The number of nitrogens with one attached hydrogen (secondary N) is 1. The highest BCUT2D eigenvalue weighted by molar-refractivity contribution is 5.90. The van der Waals surface area contributed by atoms with E-state index < -0.39 is 5.91 Å². The molecule has 0 spiro atoms. The second-order valence-electron chi connectivity index (χ2n) is 6.26. The molecule has 132 valence electrons. The van der Waals surface area contributed by atoms with E-state index in [0.717, 1.165) is 29.8 Å². The molecule has 0 radical (unpaired) electrons. The number of primary amides is 1. The summed E-state index contributed by atoms with van der Waals surface area (Å²) in [7, 11) is 1.62. The zero-order valence-corrected chi connectivity index (χ0v) is 14.2. The van der Waals surface area contributed by atoms with Crippen molar-refractivity contribution in [3.05, 3.63) is 47.3 Å². The number of amides is 2. The number of carbonyl (C=O) groups is 2. The molecule has 1 aromatic heterocycles. The Kier molecular flexibility index (Phi) is 5.02. The Balaban J connectivity index is 1.55. The average Bonchev–Trinajstić information content (AvgIpc) is 3.12. The summed E-state index contributed by atoms with van der Waals surface area (Å²) < 4.78 is 5.20. The van der Waals surface area contributed by atoms with Crippen molar-refractivity contribution in [2.75, 3.05) is 20.2 Å². The number of nitrogens with zero attached hydrogens (tertiary/aromatic N) is 2. The number of hydrogen-bond donors (Lipinski definition) is 2. The van der Waals surface area contributed by atoms with Gasteiger partial charge in [-0.05, 0) is 36.6 Å². The number of hydrogen-bond acceptors (Lipinski definition) is 4. The molecule has 0 saturated carbocycles. The van der Waals surface area contributed by atoms with Crippen LogP contribution in [0.3, 0.4) is 0 Å². The molecular formula is C18H22N4O3. The number of methoxy groups -OCH3 is 1. The monoisotopic (exact) mass is 342 g/mol. The fourth-order valence-corrected chi connectivity index (χ4v) is 3.18. The second-order valence-corrected chi connectivity index (χ2v) is 6.26. The molecule has 0 bridgehead atoms. The van der Waals surface area contributed by atoms with Crippen LogP contribution in [-0.2, 0) is 11.2 Å². The van der Waals surface area contributed by atoms with E-state index in [1.165, 1.54) is 0 Å². The molecule has 2 heterocycles. The number of benzene rings is 1. The Morgan fingerprint density at radius 2 is 2.08 bits per heavy atom. The fraction of sp³-hybridized carbons (Fsp3) is 0.389. The normalized spacial score (nSPS) is 15.2. The molecule has 2 aromatic rings. The summed E-state index contributed by atoms with van der Waals surface area (Å²) >= 11 is 0. The summed E-state index contributed by atoms with van der Waals surface area (Å²) in [4.78, 5) is 25.5. The highest BCUT2D eigenvalue weighted by Crippen LogP contribution is 2.27. The summed E-state index contributed by atoms with van der Waals surface area (Å²) in [5.74, 6) is 0.609. The first-order chi connectivity index (χ1) is 12.1. The largest absolute Gasteiger partial charge is 0.497 e. The Bertz CT molecular complexity index is 763. The lowest BCUT2D eigenvalue weighted by Gasteiger charge is -2.31. The SMILES string of the molecule is COc1cccc(CC(=O)N2CCC(c3cc(C(N)=O)n[nH]3)CC2)c1. The van der Waals surface area contributed by atoms with Gasteiger partial charge in [0.1, 0.15) is 11.4 Å². The average molecular weight is 342 g/mol. The van der Waals surface area contributed by atoms with Gasteiger partial charge >= 0.3 is 0 Å². The molecule has 3 N–H and O–H groups in total. The van der Waals surface area contributed by atoms with Crippen LogP contribution < -0.4 is 10.5 Å². The number of ether oxygens (including phenoxy) is 1. The molecule has 1 aromatic carbocycles. The number of nitrogens with two attached hydrogens (primary N) is 1. The van der Waals surface area contributed by atoms with Crippen molar-refractivity contribution in [1.29, 1.82) is 0 Å². The zero-order valence-electron chi connectivity index (χ0n) is 14.2. The lowest BCUT2D eigenvalue weighted by atomic mass is 9.93. The van der Waals surface area contributed by atoms with Gasteiger partial charge in [-0.3, -0.25) is 14.7 Å². The molecule has 3 rings (SSSR count). The van der Waals surface area contributed by atoms with Crippen LogP contribution >= 0.6 is 0 Å². The lowest BCUT2D eigenvalue weighted by Crippen LogP contribution is -2.38. The quantitative estimate of drug-likeness (QED) is 0.859. The first kappa shape index (κ1) is 17.0. The molecule has 2 amide bonds. The van der Waals surface area contributed by atoms with Crippen molar-refractivity contribution < 1.29 is 14.3 Å². The standard InChI is InChI=1S/C18H22N4O3/c1-25-14-4-2-3-12(9-14)10-17(23)22-7-5-13(6-8-22)15-11-16(18(19)24)21-20-15/h2-4,9,11,13H,5-8,10H2,1H3,(H2,19,24)(H,20,21). The van der Waals surface area contributed by atoms with Crippen LogP contribution in [0.4, 0.5) is 0 Å². The summed E-state index contributed by atoms with van der Waals surface area (Å²) in [5.41, 5.74) is 7.35. The minimum absolute atomic E-state index is 0.120. The van der Waals surface area contributed by atoms with Crippen molar-refractivity contribution in [3.63, 3.8) is 0 Å². The van der Waals surface area contributed by atoms with Gasteiger partial charge in [-0.1, -0.05) is 12.1 Å². The fourth-order valence-electron chi connectivity index (χ4n) is 3.18. The van der Waals surface area contributed by atoms with E-state index >= 15 is 0 Å².